The van der Waals surface area contributed by atoms with Gasteiger partial charge in [0.25, 0.3) is 0 Å². The van der Waals surface area contributed by atoms with E-state index in [1.165, 1.54) is 6.07 Å². The van der Waals surface area contributed by atoms with Crippen molar-refractivity contribution in [3.63, 3.8) is 0 Å². The third-order valence-corrected chi connectivity index (χ3v) is 6.55. The standard InChI is InChI=1S/C12H17BrN2O2S2/c1-18-11-4-2-3-10(11)15-19(16,17)12-6-5-8(13)7-9(12)14/h5-7,10-11,15H,2-4,14H2,1H3. The van der Waals surface area contributed by atoms with Crippen LogP contribution in [0.25, 0.3) is 0 Å². The van der Waals surface area contributed by atoms with Gasteiger partial charge in [-0.25, -0.2) is 13.1 Å². The van der Waals surface area contributed by atoms with Gasteiger partial charge < -0.3 is 5.73 Å². The summed E-state index contributed by atoms with van der Waals surface area (Å²) in [5.74, 6) is 0. The molecule has 0 saturated heterocycles. The molecule has 0 amide bonds. The normalized spacial score (nSPS) is 23.7. The van der Waals surface area contributed by atoms with Gasteiger partial charge in [-0.3, -0.25) is 0 Å². The van der Waals surface area contributed by atoms with Crippen LogP contribution in [0.15, 0.2) is 27.6 Å². The monoisotopic (exact) mass is 364 g/mol. The Morgan fingerprint density at radius 1 is 1.42 bits per heavy atom. The van der Waals surface area contributed by atoms with Gasteiger partial charge >= 0.3 is 0 Å². The van der Waals surface area contributed by atoms with E-state index in [2.05, 4.69) is 20.7 Å². The number of nitrogens with one attached hydrogen (secondary N) is 1. The van der Waals surface area contributed by atoms with Crippen LogP contribution in [0.5, 0.6) is 0 Å². The topological polar surface area (TPSA) is 72.2 Å². The average molecular weight is 365 g/mol. The van der Waals surface area contributed by atoms with E-state index in [9.17, 15) is 8.42 Å². The molecule has 3 N–H and O–H groups in total. The first-order valence-corrected chi connectivity index (χ1v) is 9.60. The third-order valence-electron chi connectivity index (χ3n) is 3.32. The van der Waals surface area contributed by atoms with E-state index in [0.29, 0.717) is 5.25 Å². The van der Waals surface area contributed by atoms with Gasteiger partial charge in [0, 0.05) is 15.8 Å². The average Bonchev–Trinajstić information content (AvgIpc) is 2.74. The minimum absolute atomic E-state index is 0.00282. The minimum Gasteiger partial charge on any atom is -0.398 e. The molecule has 1 saturated carbocycles. The fourth-order valence-electron chi connectivity index (χ4n) is 2.37. The van der Waals surface area contributed by atoms with Gasteiger partial charge in [0.2, 0.25) is 10.0 Å². The van der Waals surface area contributed by atoms with E-state index in [4.69, 9.17) is 5.73 Å². The summed E-state index contributed by atoms with van der Waals surface area (Å²) in [5, 5.41) is 0.353. The predicted molar refractivity (Wildman–Crippen MR) is 83.8 cm³/mol. The van der Waals surface area contributed by atoms with Gasteiger partial charge in [-0.15, -0.1) is 0 Å². The van der Waals surface area contributed by atoms with Crippen LogP contribution in [0.3, 0.4) is 0 Å². The lowest BCUT2D eigenvalue weighted by Crippen LogP contribution is -2.38. The molecule has 106 valence electrons. The summed E-state index contributed by atoms with van der Waals surface area (Å²) in [5.41, 5.74) is 6.06. The number of anilines is 1. The molecule has 7 heteroatoms. The number of nitrogens with two attached hydrogens (primary N) is 1. The van der Waals surface area contributed by atoms with Crippen molar-refractivity contribution in [3.8, 4) is 0 Å². The Bertz CT molecular complexity index is 563. The molecule has 1 fully saturated rings. The zero-order valence-corrected chi connectivity index (χ0v) is 13.8. The summed E-state index contributed by atoms with van der Waals surface area (Å²) in [7, 11) is -3.54. The minimum atomic E-state index is -3.54. The van der Waals surface area contributed by atoms with Crippen molar-refractivity contribution < 1.29 is 8.42 Å². The smallest absolute Gasteiger partial charge is 0.242 e. The predicted octanol–water partition coefficient (Wildman–Crippen LogP) is 2.59. The van der Waals surface area contributed by atoms with Gasteiger partial charge in [0.05, 0.1) is 5.69 Å². The highest BCUT2D eigenvalue weighted by Crippen LogP contribution is 2.30. The molecular weight excluding hydrogens is 348 g/mol. The van der Waals surface area contributed by atoms with Crippen molar-refractivity contribution in [1.29, 1.82) is 0 Å². The largest absolute Gasteiger partial charge is 0.398 e. The summed E-state index contributed by atoms with van der Waals surface area (Å²) < 4.78 is 28.3. The summed E-state index contributed by atoms with van der Waals surface area (Å²) in [6.45, 7) is 0. The first-order valence-electron chi connectivity index (χ1n) is 6.04. The molecule has 0 bridgehead atoms. The number of thioether (sulfide) groups is 1. The molecule has 19 heavy (non-hydrogen) atoms. The van der Waals surface area contributed by atoms with Gasteiger partial charge in [0.1, 0.15) is 4.90 Å². The molecule has 4 nitrogen and oxygen atoms in total. The Kier molecular flexibility index (Phi) is 4.81. The number of hydrogen-bond donors (Lipinski definition) is 2. The lowest BCUT2D eigenvalue weighted by atomic mass is 10.3. The van der Waals surface area contributed by atoms with Gasteiger partial charge in [0.15, 0.2) is 0 Å². The molecule has 2 rings (SSSR count). The quantitative estimate of drug-likeness (QED) is 0.805. The van der Waals surface area contributed by atoms with E-state index in [1.807, 2.05) is 6.26 Å². The number of halogens is 1. The summed E-state index contributed by atoms with van der Waals surface area (Å²) in [6.07, 6.45) is 5.03. The third kappa shape index (κ3) is 3.45. The summed E-state index contributed by atoms with van der Waals surface area (Å²) in [6, 6.07) is 4.83. The Balaban J connectivity index is 2.23. The Morgan fingerprint density at radius 3 is 2.79 bits per heavy atom. The number of hydrogen-bond acceptors (Lipinski definition) is 4. The molecule has 0 aromatic heterocycles. The lowest BCUT2D eigenvalue weighted by Gasteiger charge is -2.19. The molecular formula is C12H17BrN2O2S2. The molecule has 0 spiro atoms. The van der Waals surface area contributed by atoms with E-state index < -0.39 is 10.0 Å². The van der Waals surface area contributed by atoms with Crippen LogP contribution >= 0.6 is 27.7 Å². The maximum absolute atomic E-state index is 12.4. The highest BCUT2D eigenvalue weighted by atomic mass is 79.9. The number of nitrogen functional groups attached to an aromatic ring is 1. The second-order valence-corrected chi connectivity index (χ2v) is 8.29. The van der Waals surface area contributed by atoms with Gasteiger partial charge in [-0.1, -0.05) is 22.4 Å². The molecule has 0 aliphatic heterocycles. The van der Waals surface area contributed by atoms with Crippen LogP contribution in [-0.4, -0.2) is 26.0 Å². The first-order chi connectivity index (χ1) is 8.94. The highest BCUT2D eigenvalue weighted by Gasteiger charge is 2.31. The van der Waals surface area contributed by atoms with Crippen LogP contribution < -0.4 is 10.5 Å². The highest BCUT2D eigenvalue weighted by molar-refractivity contribution is 9.10. The van der Waals surface area contributed by atoms with E-state index in [1.54, 1.807) is 23.9 Å². The van der Waals surface area contributed by atoms with Crippen molar-refractivity contribution >= 4 is 43.4 Å². The molecule has 1 aromatic rings. The van der Waals surface area contributed by atoms with Crippen LogP contribution in [0.1, 0.15) is 19.3 Å². The maximum Gasteiger partial charge on any atom is 0.242 e. The van der Waals surface area contributed by atoms with Crippen molar-refractivity contribution in [3.05, 3.63) is 22.7 Å². The van der Waals surface area contributed by atoms with Gasteiger partial charge in [-0.05, 0) is 37.3 Å². The summed E-state index contributed by atoms with van der Waals surface area (Å²) >= 11 is 4.99. The lowest BCUT2D eigenvalue weighted by molar-refractivity contribution is 0.555. The fourth-order valence-corrected chi connectivity index (χ4v) is 5.19. The molecule has 1 aromatic carbocycles. The van der Waals surface area contributed by atoms with Crippen LogP contribution in [0.2, 0.25) is 0 Å². The molecule has 0 heterocycles. The second kappa shape index (κ2) is 6.03. The number of rotatable bonds is 4. The molecule has 0 radical (unpaired) electrons. The van der Waals surface area contributed by atoms with Crippen molar-refractivity contribution in [2.75, 3.05) is 12.0 Å². The Morgan fingerprint density at radius 2 is 2.16 bits per heavy atom. The molecule has 2 atom stereocenters. The Labute approximate surface area is 126 Å². The number of benzene rings is 1. The van der Waals surface area contributed by atoms with E-state index in [-0.39, 0.29) is 16.6 Å². The Hall–Kier alpha value is -0.240. The van der Waals surface area contributed by atoms with Crippen molar-refractivity contribution in [2.45, 2.75) is 35.4 Å². The van der Waals surface area contributed by atoms with Crippen LogP contribution in [-0.2, 0) is 10.0 Å². The molecule has 2 unspecified atom stereocenters. The maximum atomic E-state index is 12.4. The zero-order valence-electron chi connectivity index (χ0n) is 10.6. The van der Waals surface area contributed by atoms with Crippen LogP contribution in [0.4, 0.5) is 5.69 Å². The van der Waals surface area contributed by atoms with E-state index >= 15 is 0 Å². The fraction of sp³-hybridized carbons (Fsp3) is 0.500. The van der Waals surface area contributed by atoms with Crippen LogP contribution in [0, 0.1) is 0 Å². The first kappa shape index (κ1) is 15.2. The summed E-state index contributed by atoms with van der Waals surface area (Å²) in [4.78, 5) is 0.155. The zero-order chi connectivity index (χ0) is 14.0. The second-order valence-electron chi connectivity index (χ2n) is 4.61. The van der Waals surface area contributed by atoms with Crippen molar-refractivity contribution in [1.82, 2.24) is 4.72 Å². The SMILES string of the molecule is CSC1CCCC1NS(=O)(=O)c1ccc(Br)cc1N. The van der Waals surface area contributed by atoms with E-state index in [0.717, 1.165) is 23.7 Å². The van der Waals surface area contributed by atoms with Gasteiger partial charge in [-0.2, -0.15) is 11.8 Å². The number of sulfonamides is 1. The molecule has 1 aliphatic rings. The molecule has 1 aliphatic carbocycles. The van der Waals surface area contributed by atoms with Crippen molar-refractivity contribution in [2.24, 2.45) is 0 Å².